The lowest BCUT2D eigenvalue weighted by molar-refractivity contribution is 0.0341. The van der Waals surface area contributed by atoms with Crippen molar-refractivity contribution in [2.75, 3.05) is 13.7 Å². The monoisotopic (exact) mass is 392 g/mol. The van der Waals surface area contributed by atoms with E-state index in [9.17, 15) is 4.79 Å². The fourth-order valence-electron chi connectivity index (χ4n) is 4.32. The zero-order chi connectivity index (χ0) is 19.4. The number of rotatable bonds is 10. The van der Waals surface area contributed by atoms with Gasteiger partial charge in [0.15, 0.2) is 14.4 Å². The lowest BCUT2D eigenvalue weighted by atomic mass is 9.74. The van der Waals surface area contributed by atoms with Crippen LogP contribution < -0.4 is 4.74 Å². The molecule has 0 radical (unpaired) electrons. The Hall–Kier alpha value is -1.53. The Labute approximate surface area is 163 Å². The largest absolute Gasteiger partial charge is 0.508 e. The summed E-state index contributed by atoms with van der Waals surface area (Å²) in [5, 5.41) is 0. The molecular weight excluding hydrogens is 360 g/mol. The molecule has 0 amide bonds. The SMILES string of the molecule is CC[Si](CC)(CC)O[C@@H](CCC1Cc2cc(OC)ccc21)[C@H]1COC(=O)O1. The Kier molecular flexibility index (Phi) is 6.47. The van der Waals surface area contributed by atoms with E-state index in [0.717, 1.165) is 43.1 Å². The number of benzene rings is 1. The van der Waals surface area contributed by atoms with E-state index in [4.69, 9.17) is 18.6 Å². The molecule has 0 saturated carbocycles. The molecule has 6 heteroatoms. The summed E-state index contributed by atoms with van der Waals surface area (Å²) < 4.78 is 22.5. The van der Waals surface area contributed by atoms with Gasteiger partial charge in [-0.3, -0.25) is 0 Å². The first-order chi connectivity index (χ1) is 13.0. The van der Waals surface area contributed by atoms with Gasteiger partial charge in [0.25, 0.3) is 0 Å². The fourth-order valence-corrected chi connectivity index (χ4v) is 7.23. The topological polar surface area (TPSA) is 54.0 Å². The van der Waals surface area contributed by atoms with Crippen molar-refractivity contribution in [1.82, 2.24) is 0 Å². The van der Waals surface area contributed by atoms with Crippen LogP contribution in [0.15, 0.2) is 18.2 Å². The molecule has 2 aliphatic rings. The van der Waals surface area contributed by atoms with E-state index in [2.05, 4.69) is 32.9 Å². The van der Waals surface area contributed by atoms with Gasteiger partial charge in [-0.1, -0.05) is 26.8 Å². The zero-order valence-corrected chi connectivity index (χ0v) is 18.0. The molecule has 0 N–H and O–H groups in total. The minimum Gasteiger partial charge on any atom is -0.497 e. The molecule has 0 bridgehead atoms. The second-order valence-electron chi connectivity index (χ2n) is 7.66. The molecule has 1 fully saturated rings. The number of cyclic esters (lactones) is 2. The summed E-state index contributed by atoms with van der Waals surface area (Å²) in [6.45, 7) is 6.98. The maximum absolute atomic E-state index is 11.5. The Morgan fingerprint density at radius 1 is 1.22 bits per heavy atom. The Morgan fingerprint density at radius 2 is 1.96 bits per heavy atom. The first-order valence-corrected chi connectivity index (χ1v) is 12.7. The van der Waals surface area contributed by atoms with Gasteiger partial charge in [0, 0.05) is 0 Å². The van der Waals surface area contributed by atoms with Gasteiger partial charge in [0.2, 0.25) is 0 Å². The molecule has 27 heavy (non-hydrogen) atoms. The van der Waals surface area contributed by atoms with Crippen LogP contribution in [0.4, 0.5) is 4.79 Å². The number of hydrogen-bond acceptors (Lipinski definition) is 5. The number of hydrogen-bond donors (Lipinski definition) is 0. The van der Waals surface area contributed by atoms with Crippen LogP contribution in [0.2, 0.25) is 18.1 Å². The van der Waals surface area contributed by atoms with Crippen LogP contribution in [-0.4, -0.2) is 40.4 Å². The van der Waals surface area contributed by atoms with Crippen LogP contribution >= 0.6 is 0 Å². The lowest BCUT2D eigenvalue weighted by Gasteiger charge is -2.37. The van der Waals surface area contributed by atoms with Crippen LogP contribution in [0.5, 0.6) is 5.75 Å². The third kappa shape index (κ3) is 4.32. The van der Waals surface area contributed by atoms with Crippen molar-refractivity contribution < 1.29 is 23.4 Å². The maximum Gasteiger partial charge on any atom is 0.508 e. The summed E-state index contributed by atoms with van der Waals surface area (Å²) in [6, 6.07) is 9.61. The van der Waals surface area contributed by atoms with Crippen molar-refractivity contribution in [2.45, 2.75) is 76.3 Å². The standard InChI is InChI=1S/C21H32O5Si/c1-5-27(6-2,7-3)26-19(20-14-24-21(22)25-20)11-8-15-12-16-13-17(23-4)9-10-18(15)16/h9-10,13,15,19-20H,5-8,11-12,14H2,1-4H3/t15?,19-,20+/m0/s1. The molecule has 150 valence electrons. The maximum atomic E-state index is 11.5. The summed E-state index contributed by atoms with van der Waals surface area (Å²) in [7, 11) is -0.0772. The average molecular weight is 393 g/mol. The highest BCUT2D eigenvalue weighted by atomic mass is 28.4. The number of carbonyl (C=O) groups excluding carboxylic acids is 1. The van der Waals surface area contributed by atoms with Crippen molar-refractivity contribution >= 4 is 14.5 Å². The third-order valence-electron chi connectivity index (χ3n) is 6.42. The Morgan fingerprint density at radius 3 is 2.52 bits per heavy atom. The molecule has 1 aliphatic heterocycles. The second-order valence-corrected chi connectivity index (χ2v) is 12.4. The highest BCUT2D eigenvalue weighted by molar-refractivity contribution is 6.73. The normalized spacial score (nSPS) is 22.4. The molecule has 0 spiro atoms. The smallest absolute Gasteiger partial charge is 0.497 e. The summed E-state index contributed by atoms with van der Waals surface area (Å²) >= 11 is 0. The van der Waals surface area contributed by atoms with Crippen LogP contribution in [0.25, 0.3) is 0 Å². The van der Waals surface area contributed by atoms with Crippen LogP contribution in [0.3, 0.4) is 0 Å². The molecular formula is C21H32O5Si. The minimum absolute atomic E-state index is 0.0646. The van der Waals surface area contributed by atoms with E-state index in [1.165, 1.54) is 11.1 Å². The van der Waals surface area contributed by atoms with E-state index in [-0.39, 0.29) is 12.2 Å². The van der Waals surface area contributed by atoms with Gasteiger partial charge in [-0.15, -0.1) is 0 Å². The lowest BCUT2D eigenvalue weighted by Crippen LogP contribution is -2.45. The van der Waals surface area contributed by atoms with E-state index in [1.807, 2.05) is 6.07 Å². The number of fused-ring (bicyclic) bond motifs is 1. The number of carbonyl (C=O) groups is 1. The molecule has 5 nitrogen and oxygen atoms in total. The molecule has 1 unspecified atom stereocenters. The van der Waals surface area contributed by atoms with E-state index in [0.29, 0.717) is 12.5 Å². The van der Waals surface area contributed by atoms with E-state index < -0.39 is 14.5 Å². The van der Waals surface area contributed by atoms with Crippen molar-refractivity contribution in [2.24, 2.45) is 0 Å². The van der Waals surface area contributed by atoms with Crippen LogP contribution in [-0.2, 0) is 20.3 Å². The van der Waals surface area contributed by atoms with Gasteiger partial charge in [0.05, 0.1) is 13.2 Å². The number of methoxy groups -OCH3 is 1. The van der Waals surface area contributed by atoms with Gasteiger partial charge < -0.3 is 18.6 Å². The fraction of sp³-hybridized carbons (Fsp3) is 0.667. The number of ether oxygens (including phenoxy) is 3. The minimum atomic E-state index is -1.78. The summed E-state index contributed by atoms with van der Waals surface area (Å²) in [4.78, 5) is 11.5. The first kappa shape index (κ1) is 20.2. The molecule has 3 atom stereocenters. The van der Waals surface area contributed by atoms with Crippen LogP contribution in [0, 0.1) is 0 Å². The van der Waals surface area contributed by atoms with Crippen molar-refractivity contribution in [3.8, 4) is 5.75 Å². The molecule has 1 heterocycles. The summed E-state index contributed by atoms with van der Waals surface area (Å²) in [6.07, 6.45) is 2.12. The quantitative estimate of drug-likeness (QED) is 0.412. The van der Waals surface area contributed by atoms with Gasteiger partial charge in [-0.2, -0.15) is 0 Å². The van der Waals surface area contributed by atoms with Gasteiger partial charge in [-0.25, -0.2) is 4.79 Å². The van der Waals surface area contributed by atoms with E-state index >= 15 is 0 Å². The predicted octanol–water partition coefficient (Wildman–Crippen LogP) is 5.04. The summed E-state index contributed by atoms with van der Waals surface area (Å²) in [5.74, 6) is 1.48. The van der Waals surface area contributed by atoms with Crippen LogP contribution in [0.1, 0.15) is 50.7 Å². The third-order valence-corrected chi connectivity index (χ3v) is 11.1. The molecule has 1 aliphatic carbocycles. The van der Waals surface area contributed by atoms with Gasteiger partial charge in [-0.05, 0) is 66.6 Å². The summed E-state index contributed by atoms with van der Waals surface area (Å²) in [5.41, 5.74) is 2.80. The predicted molar refractivity (Wildman–Crippen MR) is 107 cm³/mol. The molecule has 1 saturated heterocycles. The Balaban J connectivity index is 1.65. The molecule has 0 aromatic heterocycles. The van der Waals surface area contributed by atoms with Crippen molar-refractivity contribution in [3.63, 3.8) is 0 Å². The second kappa shape index (κ2) is 8.65. The average Bonchev–Trinajstić information content (AvgIpc) is 3.11. The van der Waals surface area contributed by atoms with E-state index in [1.54, 1.807) is 7.11 Å². The molecule has 1 aromatic rings. The van der Waals surface area contributed by atoms with Gasteiger partial charge >= 0.3 is 6.16 Å². The molecule has 1 aromatic carbocycles. The highest BCUT2D eigenvalue weighted by Gasteiger charge is 2.40. The molecule has 3 rings (SSSR count). The zero-order valence-electron chi connectivity index (χ0n) is 17.0. The van der Waals surface area contributed by atoms with Crippen molar-refractivity contribution in [3.05, 3.63) is 29.3 Å². The highest BCUT2D eigenvalue weighted by Crippen LogP contribution is 2.41. The Bertz CT molecular complexity index is 650. The van der Waals surface area contributed by atoms with Gasteiger partial charge in [0.1, 0.15) is 12.4 Å². The first-order valence-electron chi connectivity index (χ1n) is 10.2. The van der Waals surface area contributed by atoms with Crippen molar-refractivity contribution in [1.29, 1.82) is 0 Å².